The quantitative estimate of drug-likeness (QED) is 0.452. The highest BCUT2D eigenvalue weighted by Crippen LogP contribution is 2.36. The lowest BCUT2D eigenvalue weighted by Crippen LogP contribution is -2.41. The molecule has 1 saturated heterocycles. The van der Waals surface area contributed by atoms with E-state index in [2.05, 4.69) is 36.7 Å². The van der Waals surface area contributed by atoms with Gasteiger partial charge in [-0.05, 0) is 49.1 Å². The number of hydrogen-bond acceptors (Lipinski definition) is 8. The molecule has 37 heavy (non-hydrogen) atoms. The maximum Gasteiger partial charge on any atom is 0.238 e. The van der Waals surface area contributed by atoms with Gasteiger partial charge in [-0.2, -0.15) is 10.4 Å². The Balaban J connectivity index is 1.20. The van der Waals surface area contributed by atoms with E-state index in [0.29, 0.717) is 38.0 Å². The van der Waals surface area contributed by atoms with E-state index in [0.717, 1.165) is 48.6 Å². The molecule has 1 aliphatic carbocycles. The number of nitrogens with zero attached hydrogens (tertiary/aromatic N) is 6. The van der Waals surface area contributed by atoms with E-state index in [9.17, 15) is 10.1 Å². The van der Waals surface area contributed by atoms with Crippen LogP contribution < -0.4 is 10.6 Å². The third kappa shape index (κ3) is 6.50. The summed E-state index contributed by atoms with van der Waals surface area (Å²) in [6, 6.07) is 11.8. The van der Waals surface area contributed by atoms with E-state index in [-0.39, 0.29) is 11.9 Å². The monoisotopic (exact) mass is 500 g/mol. The second-order valence-electron chi connectivity index (χ2n) is 9.59. The molecular weight excluding hydrogens is 468 g/mol. The van der Waals surface area contributed by atoms with Crippen LogP contribution >= 0.6 is 0 Å². The van der Waals surface area contributed by atoms with Gasteiger partial charge in [0.05, 0.1) is 50.2 Å². The standard InChI is InChI=1S/C27H32N8O2/c28-11-9-25(20-3-1-2-4-20)35-18-21(17-30-35)24-10-12-29-27(33-24)32-23-7-5-22(6-8-23)31-26(36)19-34-13-15-37-16-14-34/h5-8,10,12,17-18,20,25H,1-4,9,13-16,19H2,(H,31,36)(H,29,32,33). The van der Waals surface area contributed by atoms with E-state index in [1.54, 1.807) is 12.4 Å². The third-order valence-corrected chi connectivity index (χ3v) is 7.03. The van der Waals surface area contributed by atoms with Gasteiger partial charge in [-0.15, -0.1) is 0 Å². The molecule has 1 unspecified atom stereocenters. The highest BCUT2D eigenvalue weighted by atomic mass is 16.5. The molecule has 3 heterocycles. The lowest BCUT2D eigenvalue weighted by molar-refractivity contribution is -0.118. The number of nitriles is 1. The first kappa shape index (κ1) is 24.9. The van der Waals surface area contributed by atoms with Gasteiger partial charge < -0.3 is 15.4 Å². The summed E-state index contributed by atoms with van der Waals surface area (Å²) >= 11 is 0. The van der Waals surface area contributed by atoms with Crippen molar-refractivity contribution in [3.63, 3.8) is 0 Å². The molecule has 2 N–H and O–H groups in total. The van der Waals surface area contributed by atoms with Crippen molar-refractivity contribution in [2.24, 2.45) is 5.92 Å². The summed E-state index contributed by atoms with van der Waals surface area (Å²) in [7, 11) is 0. The van der Waals surface area contributed by atoms with Crippen LogP contribution in [0.4, 0.5) is 17.3 Å². The largest absolute Gasteiger partial charge is 0.379 e. The Hall–Kier alpha value is -3.81. The van der Waals surface area contributed by atoms with E-state index in [4.69, 9.17) is 4.74 Å². The summed E-state index contributed by atoms with van der Waals surface area (Å²) in [5.41, 5.74) is 3.21. The SMILES string of the molecule is N#CCC(C1CCCC1)n1cc(-c2ccnc(Nc3ccc(NC(=O)CN4CCOCC4)cc3)n2)cn1. The lowest BCUT2D eigenvalue weighted by atomic mass is 9.96. The molecule has 10 heteroatoms. The van der Waals surface area contributed by atoms with Gasteiger partial charge in [0.2, 0.25) is 11.9 Å². The molecule has 2 aliphatic rings. The Bertz CT molecular complexity index is 1220. The number of carbonyl (C=O) groups excluding carboxylic acids is 1. The molecule has 0 spiro atoms. The van der Waals surface area contributed by atoms with Gasteiger partial charge in [0.1, 0.15) is 0 Å². The van der Waals surface area contributed by atoms with Gasteiger partial charge in [-0.3, -0.25) is 14.4 Å². The number of benzene rings is 1. The summed E-state index contributed by atoms with van der Waals surface area (Å²) in [6.07, 6.45) is 10.7. The summed E-state index contributed by atoms with van der Waals surface area (Å²) in [5, 5.41) is 20.1. The number of amides is 1. The van der Waals surface area contributed by atoms with E-state index < -0.39 is 0 Å². The minimum atomic E-state index is -0.0378. The number of anilines is 3. The van der Waals surface area contributed by atoms with E-state index >= 15 is 0 Å². The number of carbonyl (C=O) groups is 1. The van der Waals surface area contributed by atoms with Gasteiger partial charge in [0.15, 0.2) is 0 Å². The van der Waals surface area contributed by atoms with Crippen LogP contribution in [-0.2, 0) is 9.53 Å². The first-order chi connectivity index (χ1) is 18.2. The number of aromatic nitrogens is 4. The summed E-state index contributed by atoms with van der Waals surface area (Å²) in [4.78, 5) is 23.4. The molecule has 1 atom stereocenters. The average molecular weight is 501 g/mol. The van der Waals surface area contributed by atoms with Crippen LogP contribution in [0.1, 0.15) is 38.1 Å². The first-order valence-corrected chi connectivity index (χ1v) is 12.9. The maximum absolute atomic E-state index is 12.3. The second kappa shape index (κ2) is 12.0. The lowest BCUT2D eigenvalue weighted by Gasteiger charge is -2.25. The van der Waals surface area contributed by atoms with Crippen LogP contribution in [0, 0.1) is 17.2 Å². The van der Waals surface area contributed by atoms with E-state index in [1.165, 1.54) is 12.8 Å². The fourth-order valence-electron chi connectivity index (χ4n) is 5.07. The fraction of sp³-hybridized carbons (Fsp3) is 0.444. The molecule has 1 aromatic carbocycles. The van der Waals surface area contributed by atoms with Crippen molar-refractivity contribution >= 4 is 23.2 Å². The van der Waals surface area contributed by atoms with Crippen LogP contribution in [0.15, 0.2) is 48.9 Å². The highest BCUT2D eigenvalue weighted by molar-refractivity contribution is 5.92. The van der Waals surface area contributed by atoms with Crippen LogP contribution in [0.3, 0.4) is 0 Å². The van der Waals surface area contributed by atoms with Crippen molar-refractivity contribution in [1.29, 1.82) is 5.26 Å². The summed E-state index contributed by atoms with van der Waals surface area (Å²) < 4.78 is 7.27. The zero-order valence-corrected chi connectivity index (χ0v) is 20.8. The smallest absolute Gasteiger partial charge is 0.238 e. The molecule has 1 aliphatic heterocycles. The van der Waals surface area contributed by atoms with Crippen molar-refractivity contribution < 1.29 is 9.53 Å². The Labute approximate surface area is 216 Å². The zero-order valence-electron chi connectivity index (χ0n) is 20.8. The minimum Gasteiger partial charge on any atom is -0.379 e. The topological polar surface area (TPSA) is 121 Å². The summed E-state index contributed by atoms with van der Waals surface area (Å²) in [5.74, 6) is 0.935. The molecule has 0 bridgehead atoms. The molecule has 5 rings (SSSR count). The van der Waals surface area contributed by atoms with Gasteiger partial charge >= 0.3 is 0 Å². The zero-order chi connectivity index (χ0) is 25.5. The van der Waals surface area contributed by atoms with Crippen molar-refractivity contribution in [3.8, 4) is 17.3 Å². The van der Waals surface area contributed by atoms with Crippen molar-refractivity contribution in [3.05, 3.63) is 48.9 Å². The van der Waals surface area contributed by atoms with Crippen molar-refractivity contribution in [2.45, 2.75) is 38.1 Å². The number of nitrogens with one attached hydrogen (secondary N) is 2. The fourth-order valence-corrected chi connectivity index (χ4v) is 5.07. The third-order valence-electron chi connectivity index (χ3n) is 7.03. The van der Waals surface area contributed by atoms with Gasteiger partial charge in [-0.25, -0.2) is 9.97 Å². The van der Waals surface area contributed by atoms with Crippen LogP contribution in [0.25, 0.3) is 11.3 Å². The van der Waals surface area contributed by atoms with Crippen molar-refractivity contribution in [2.75, 3.05) is 43.5 Å². The molecule has 1 amide bonds. The molecule has 2 fully saturated rings. The van der Waals surface area contributed by atoms with Crippen LogP contribution in [0.5, 0.6) is 0 Å². The first-order valence-electron chi connectivity index (χ1n) is 12.9. The Morgan fingerprint density at radius 3 is 2.65 bits per heavy atom. The molecule has 0 radical (unpaired) electrons. The van der Waals surface area contributed by atoms with Crippen molar-refractivity contribution in [1.82, 2.24) is 24.6 Å². The summed E-state index contributed by atoms with van der Waals surface area (Å²) in [6.45, 7) is 3.25. The molecule has 192 valence electrons. The second-order valence-corrected chi connectivity index (χ2v) is 9.59. The Kier molecular flexibility index (Phi) is 8.03. The Morgan fingerprint density at radius 1 is 1.14 bits per heavy atom. The molecular formula is C27H32N8O2. The molecule has 2 aromatic heterocycles. The molecule has 10 nitrogen and oxygen atoms in total. The van der Waals surface area contributed by atoms with Gasteiger partial charge in [0, 0.05) is 42.4 Å². The number of morpholine rings is 1. The average Bonchev–Trinajstić information content (AvgIpc) is 3.62. The predicted molar refractivity (Wildman–Crippen MR) is 140 cm³/mol. The number of ether oxygens (including phenoxy) is 1. The molecule has 3 aromatic rings. The van der Waals surface area contributed by atoms with Gasteiger partial charge in [-0.1, -0.05) is 12.8 Å². The number of rotatable bonds is 9. The van der Waals surface area contributed by atoms with E-state index in [1.807, 2.05) is 41.2 Å². The van der Waals surface area contributed by atoms with Crippen LogP contribution in [-0.4, -0.2) is 63.4 Å². The minimum absolute atomic E-state index is 0.0378. The number of hydrogen-bond donors (Lipinski definition) is 2. The predicted octanol–water partition coefficient (Wildman–Crippen LogP) is 4.00. The Morgan fingerprint density at radius 2 is 1.89 bits per heavy atom. The molecule has 1 saturated carbocycles. The van der Waals surface area contributed by atoms with Crippen LogP contribution in [0.2, 0.25) is 0 Å². The normalized spacial score (nSPS) is 17.3. The maximum atomic E-state index is 12.3. The van der Waals surface area contributed by atoms with Gasteiger partial charge in [0.25, 0.3) is 0 Å². The highest BCUT2D eigenvalue weighted by Gasteiger charge is 2.27.